The molecule has 11 heavy (non-hydrogen) atoms. The molecule has 0 amide bonds. The van der Waals surface area contributed by atoms with Gasteiger partial charge in [-0.2, -0.15) is 20.2 Å². The summed E-state index contributed by atoms with van der Waals surface area (Å²) < 4.78 is 28.8. The van der Waals surface area contributed by atoms with Crippen molar-refractivity contribution < 1.29 is 13.0 Å². The maximum absolute atomic E-state index is 10.2. The third kappa shape index (κ3) is 10.3. The zero-order valence-electron chi connectivity index (χ0n) is 6.62. The number of unbranched alkanes of at least 4 members (excludes halogenated alkanes) is 1. The van der Waals surface area contributed by atoms with Crippen LogP contribution in [-0.4, -0.2) is 30.2 Å². The normalized spacial score (nSPS) is 11.8. The second-order valence-corrected chi connectivity index (χ2v) is 5.16. The van der Waals surface area contributed by atoms with E-state index in [2.05, 4.69) is 6.92 Å². The minimum Gasteiger partial charge on any atom is -0.286 e. The van der Waals surface area contributed by atoms with E-state index in [0.717, 1.165) is 17.9 Å². The highest BCUT2D eigenvalue weighted by Gasteiger charge is 2.02. The maximum Gasteiger partial charge on any atom is 0.264 e. The second-order valence-electron chi connectivity index (χ2n) is 2.19. The summed E-state index contributed by atoms with van der Waals surface area (Å²) in [6.45, 7) is 2.06. The van der Waals surface area contributed by atoms with Gasteiger partial charge in [0, 0.05) is 0 Å². The number of thioether (sulfide) groups is 1. The lowest BCUT2D eigenvalue weighted by Gasteiger charge is -1.96. The van der Waals surface area contributed by atoms with E-state index in [1.807, 2.05) is 0 Å². The van der Waals surface area contributed by atoms with Gasteiger partial charge in [-0.25, -0.2) is 0 Å². The van der Waals surface area contributed by atoms with Gasteiger partial charge in [0.05, 0.1) is 5.75 Å². The van der Waals surface area contributed by atoms with E-state index >= 15 is 0 Å². The van der Waals surface area contributed by atoms with Gasteiger partial charge in [0.1, 0.15) is 0 Å². The summed E-state index contributed by atoms with van der Waals surface area (Å²) in [6.07, 6.45) is 1.42. The molecule has 0 bridgehead atoms. The number of hydrogen-bond donors (Lipinski definition) is 1. The molecule has 68 valence electrons. The summed E-state index contributed by atoms with van der Waals surface area (Å²) >= 11 is 1.78. The van der Waals surface area contributed by atoms with E-state index in [4.69, 9.17) is 4.55 Å². The van der Waals surface area contributed by atoms with Crippen LogP contribution in [0.5, 0.6) is 0 Å². The predicted octanol–water partition coefficient (Wildman–Crippen LogP) is 1.41. The minimum absolute atomic E-state index is 0.0999. The van der Waals surface area contributed by atoms with Crippen LogP contribution in [0.1, 0.15) is 19.8 Å². The Kier molecular flexibility index (Phi) is 5.99. The van der Waals surface area contributed by atoms with Gasteiger partial charge >= 0.3 is 0 Å². The van der Waals surface area contributed by atoms with Gasteiger partial charge in [0.2, 0.25) is 0 Å². The van der Waals surface area contributed by atoms with Crippen LogP contribution >= 0.6 is 11.8 Å². The van der Waals surface area contributed by atoms with Crippen LogP contribution in [0.25, 0.3) is 0 Å². The molecule has 0 aliphatic rings. The lowest BCUT2D eigenvalue weighted by molar-refractivity contribution is 0.481. The van der Waals surface area contributed by atoms with Crippen LogP contribution in [0.15, 0.2) is 0 Å². The van der Waals surface area contributed by atoms with Gasteiger partial charge in [-0.3, -0.25) is 4.55 Å². The first kappa shape index (κ1) is 11.3. The van der Waals surface area contributed by atoms with Crippen molar-refractivity contribution in [1.82, 2.24) is 0 Å². The first-order valence-electron chi connectivity index (χ1n) is 3.59. The van der Waals surface area contributed by atoms with Crippen molar-refractivity contribution in [2.75, 3.05) is 17.3 Å². The second kappa shape index (κ2) is 5.85. The highest BCUT2D eigenvalue weighted by atomic mass is 32.2. The molecule has 0 aromatic heterocycles. The summed E-state index contributed by atoms with van der Waals surface area (Å²) in [5.41, 5.74) is 0. The van der Waals surface area contributed by atoms with Crippen molar-refractivity contribution in [3.63, 3.8) is 0 Å². The first-order chi connectivity index (χ1) is 5.06. The Labute approximate surface area is 72.3 Å². The molecule has 0 aliphatic heterocycles. The van der Waals surface area contributed by atoms with E-state index in [1.54, 1.807) is 11.8 Å². The average molecular weight is 198 g/mol. The largest absolute Gasteiger partial charge is 0.286 e. The van der Waals surface area contributed by atoms with Crippen LogP contribution in [0.3, 0.4) is 0 Å². The van der Waals surface area contributed by atoms with Crippen molar-refractivity contribution in [2.24, 2.45) is 0 Å². The van der Waals surface area contributed by atoms with Crippen LogP contribution in [0.4, 0.5) is 0 Å². The smallest absolute Gasteiger partial charge is 0.264 e. The summed E-state index contributed by atoms with van der Waals surface area (Å²) in [5, 5.41) is 0. The van der Waals surface area contributed by atoms with E-state index in [9.17, 15) is 8.42 Å². The predicted molar refractivity (Wildman–Crippen MR) is 48.6 cm³/mol. The van der Waals surface area contributed by atoms with Gasteiger partial charge in [-0.1, -0.05) is 6.92 Å². The Bertz CT molecular complexity index is 174. The summed E-state index contributed by atoms with van der Waals surface area (Å²) in [4.78, 5) is 0. The molecule has 0 rings (SSSR count). The van der Waals surface area contributed by atoms with Crippen molar-refractivity contribution >= 4 is 21.9 Å². The summed E-state index contributed by atoms with van der Waals surface area (Å²) in [6, 6.07) is 0. The highest BCUT2D eigenvalue weighted by Crippen LogP contribution is 2.04. The first-order valence-corrected chi connectivity index (χ1v) is 6.35. The molecule has 5 heteroatoms. The van der Waals surface area contributed by atoms with Crippen molar-refractivity contribution in [3.05, 3.63) is 0 Å². The monoisotopic (exact) mass is 198 g/mol. The molecule has 0 aliphatic carbocycles. The Hall–Kier alpha value is 0.260. The van der Waals surface area contributed by atoms with Gasteiger partial charge in [-0.15, -0.1) is 0 Å². The van der Waals surface area contributed by atoms with Gasteiger partial charge in [0.25, 0.3) is 10.1 Å². The summed E-state index contributed by atoms with van der Waals surface area (Å²) in [7, 11) is -3.72. The third-order valence-corrected chi connectivity index (χ3v) is 2.94. The molecule has 0 unspecified atom stereocenters. The maximum atomic E-state index is 10.2. The Morgan fingerprint density at radius 2 is 2.00 bits per heavy atom. The summed E-state index contributed by atoms with van der Waals surface area (Å²) in [5.74, 6) is 1.94. The van der Waals surface area contributed by atoms with E-state index in [0.29, 0.717) is 6.42 Å². The molecular formula is C6H14O3S2. The van der Waals surface area contributed by atoms with E-state index in [-0.39, 0.29) is 5.75 Å². The molecule has 0 atom stereocenters. The van der Waals surface area contributed by atoms with Crippen LogP contribution in [0, 0.1) is 0 Å². The molecule has 3 nitrogen and oxygen atoms in total. The zero-order valence-corrected chi connectivity index (χ0v) is 8.25. The number of hydrogen-bond acceptors (Lipinski definition) is 3. The lowest BCUT2D eigenvalue weighted by Crippen LogP contribution is -2.03. The Morgan fingerprint density at radius 1 is 1.36 bits per heavy atom. The Balaban J connectivity index is 3.16. The fourth-order valence-corrected chi connectivity index (χ4v) is 1.90. The molecular weight excluding hydrogens is 184 g/mol. The van der Waals surface area contributed by atoms with Gasteiger partial charge < -0.3 is 0 Å². The van der Waals surface area contributed by atoms with Crippen molar-refractivity contribution in [3.8, 4) is 0 Å². The van der Waals surface area contributed by atoms with Crippen molar-refractivity contribution in [1.29, 1.82) is 0 Å². The molecule has 0 aromatic rings. The lowest BCUT2D eigenvalue weighted by atomic mass is 10.4. The molecule has 0 heterocycles. The molecule has 0 radical (unpaired) electrons. The van der Waals surface area contributed by atoms with Crippen molar-refractivity contribution in [2.45, 2.75) is 19.8 Å². The quantitative estimate of drug-likeness (QED) is 0.518. The fraction of sp³-hybridized carbons (Fsp3) is 1.00. The van der Waals surface area contributed by atoms with Crippen LogP contribution < -0.4 is 0 Å². The molecule has 0 spiro atoms. The zero-order chi connectivity index (χ0) is 8.74. The minimum atomic E-state index is -3.72. The topological polar surface area (TPSA) is 54.4 Å². The van der Waals surface area contributed by atoms with Gasteiger partial charge in [-0.05, 0) is 24.3 Å². The SMILES string of the molecule is CCSCCCCS(=O)(=O)O. The molecule has 0 fully saturated rings. The number of rotatable bonds is 6. The van der Waals surface area contributed by atoms with E-state index in [1.165, 1.54) is 0 Å². The van der Waals surface area contributed by atoms with Gasteiger partial charge in [0.15, 0.2) is 0 Å². The third-order valence-electron chi connectivity index (χ3n) is 1.15. The molecule has 1 N–H and O–H groups in total. The molecule has 0 saturated carbocycles. The standard InChI is InChI=1S/C6H14O3S2/c1-2-10-5-3-4-6-11(7,8)9/h2-6H2,1H3,(H,7,8,9). The highest BCUT2D eigenvalue weighted by molar-refractivity contribution is 7.99. The Morgan fingerprint density at radius 3 is 2.45 bits per heavy atom. The van der Waals surface area contributed by atoms with Crippen LogP contribution in [0.2, 0.25) is 0 Å². The molecule has 0 aromatic carbocycles. The van der Waals surface area contributed by atoms with E-state index < -0.39 is 10.1 Å². The average Bonchev–Trinajstić information content (AvgIpc) is 1.85. The molecule has 0 saturated heterocycles. The fourth-order valence-electron chi connectivity index (χ4n) is 0.633. The van der Waals surface area contributed by atoms with Crippen LogP contribution in [-0.2, 0) is 10.1 Å².